The molecule has 218 valence electrons. The highest BCUT2D eigenvalue weighted by Crippen LogP contribution is 2.31. The molecule has 2 N–H and O–H groups in total. The maximum atomic E-state index is 13.1. The van der Waals surface area contributed by atoms with Crippen molar-refractivity contribution in [3.8, 4) is 12.1 Å². The molecule has 1 aliphatic rings. The predicted octanol–water partition coefficient (Wildman–Crippen LogP) is 4.71. The van der Waals surface area contributed by atoms with Crippen LogP contribution in [0.15, 0.2) is 53.4 Å². The van der Waals surface area contributed by atoms with Crippen molar-refractivity contribution in [3.05, 3.63) is 59.7 Å². The summed E-state index contributed by atoms with van der Waals surface area (Å²) in [5.41, 5.74) is -0.863. The van der Waals surface area contributed by atoms with Crippen molar-refractivity contribution in [1.29, 1.82) is 5.26 Å². The highest BCUT2D eigenvalue weighted by molar-refractivity contribution is 7.89. The predicted molar refractivity (Wildman–Crippen MR) is 133 cm³/mol. The first-order valence-corrected chi connectivity index (χ1v) is 13.3. The molecule has 2 heterocycles. The van der Waals surface area contributed by atoms with Gasteiger partial charge in [-0.2, -0.15) is 50.9 Å². The second-order valence-electron chi connectivity index (χ2n) is 8.83. The molecule has 10 nitrogen and oxygen atoms in total. The van der Waals surface area contributed by atoms with E-state index in [1.165, 1.54) is 34.6 Å². The van der Waals surface area contributed by atoms with Crippen LogP contribution in [0.25, 0.3) is 0 Å². The fourth-order valence-corrected chi connectivity index (χ4v) is 5.40. The summed E-state index contributed by atoms with van der Waals surface area (Å²) in [4.78, 5) is 11.6. The van der Waals surface area contributed by atoms with Gasteiger partial charge in [-0.15, -0.1) is 0 Å². The molecule has 2 aromatic carbocycles. The van der Waals surface area contributed by atoms with E-state index < -0.39 is 46.6 Å². The monoisotopic (exact) mass is 601 g/mol. The molecule has 0 spiro atoms. The Morgan fingerprint density at radius 2 is 1.66 bits per heavy atom. The van der Waals surface area contributed by atoms with Crippen molar-refractivity contribution in [3.63, 3.8) is 0 Å². The number of hydrogen-bond acceptors (Lipinski definition) is 9. The van der Waals surface area contributed by atoms with Gasteiger partial charge in [0.05, 0.1) is 22.1 Å². The van der Waals surface area contributed by atoms with Crippen LogP contribution < -0.4 is 15.4 Å². The minimum absolute atomic E-state index is 0.0304. The van der Waals surface area contributed by atoms with Crippen LogP contribution in [0.2, 0.25) is 0 Å². The summed E-state index contributed by atoms with van der Waals surface area (Å²) in [7, 11) is -3.88. The van der Waals surface area contributed by atoms with Crippen LogP contribution in [0.5, 0.6) is 6.01 Å². The van der Waals surface area contributed by atoms with Crippen molar-refractivity contribution in [2.75, 3.05) is 30.3 Å². The summed E-state index contributed by atoms with van der Waals surface area (Å²) < 4.78 is 109. The first-order valence-electron chi connectivity index (χ1n) is 11.9. The van der Waals surface area contributed by atoms with Crippen molar-refractivity contribution in [1.82, 2.24) is 19.3 Å². The van der Waals surface area contributed by atoms with Crippen molar-refractivity contribution in [2.24, 2.45) is 0 Å². The SMILES string of the molecule is N#Cc1cccc(S(=O)(=O)N2CCC(Nc3nc(Nc4cccc(C(F)(F)F)c4)nc(OCC(F)(F)F)n3)CC2)c1. The lowest BCUT2D eigenvalue weighted by Crippen LogP contribution is -2.42. The van der Waals surface area contributed by atoms with E-state index in [2.05, 4.69) is 30.3 Å². The number of aromatic nitrogens is 3. The molecule has 1 saturated heterocycles. The van der Waals surface area contributed by atoms with E-state index in [0.29, 0.717) is 0 Å². The second-order valence-corrected chi connectivity index (χ2v) is 10.8. The van der Waals surface area contributed by atoms with Crippen LogP contribution in [0.1, 0.15) is 24.0 Å². The van der Waals surface area contributed by atoms with E-state index >= 15 is 0 Å². The van der Waals surface area contributed by atoms with Gasteiger partial charge in [0.1, 0.15) is 0 Å². The summed E-state index contributed by atoms with van der Waals surface area (Å²) in [5.74, 6) is -0.605. The van der Waals surface area contributed by atoms with E-state index in [4.69, 9.17) is 5.26 Å². The molecule has 0 saturated carbocycles. The first-order chi connectivity index (χ1) is 19.2. The quantitative estimate of drug-likeness (QED) is 0.352. The topological polar surface area (TPSA) is 133 Å². The van der Waals surface area contributed by atoms with Crippen LogP contribution >= 0.6 is 0 Å². The molecular weight excluding hydrogens is 580 g/mol. The van der Waals surface area contributed by atoms with E-state index in [1.807, 2.05) is 6.07 Å². The van der Waals surface area contributed by atoms with Crippen LogP contribution in [0.3, 0.4) is 0 Å². The van der Waals surface area contributed by atoms with Crippen LogP contribution in [0, 0.1) is 11.3 Å². The zero-order valence-corrected chi connectivity index (χ0v) is 21.7. The first kappa shape index (κ1) is 29.8. The third-order valence-corrected chi connectivity index (χ3v) is 7.71. The van der Waals surface area contributed by atoms with Gasteiger partial charge in [0.25, 0.3) is 0 Å². The molecule has 0 atom stereocenters. The van der Waals surface area contributed by atoms with Gasteiger partial charge in [0.2, 0.25) is 21.9 Å². The molecule has 3 aromatic rings. The molecule has 41 heavy (non-hydrogen) atoms. The average Bonchev–Trinajstić information content (AvgIpc) is 2.91. The van der Waals surface area contributed by atoms with E-state index in [1.54, 1.807) is 0 Å². The van der Waals surface area contributed by atoms with E-state index in [0.717, 1.165) is 18.2 Å². The molecule has 1 aliphatic heterocycles. The maximum Gasteiger partial charge on any atom is 0.422 e. The van der Waals surface area contributed by atoms with E-state index in [9.17, 15) is 34.8 Å². The number of nitriles is 1. The Kier molecular flexibility index (Phi) is 8.54. The van der Waals surface area contributed by atoms with Gasteiger partial charge in [-0.1, -0.05) is 12.1 Å². The molecule has 0 aliphatic carbocycles. The summed E-state index contributed by atoms with van der Waals surface area (Å²) in [6.45, 7) is -1.56. The van der Waals surface area contributed by atoms with Crippen LogP contribution in [-0.2, 0) is 16.2 Å². The average molecular weight is 602 g/mol. The molecular formula is C24H21F6N7O3S. The molecule has 4 rings (SSSR count). The Morgan fingerprint density at radius 3 is 2.32 bits per heavy atom. The normalized spacial score (nSPS) is 15.2. The second kappa shape index (κ2) is 11.7. The Balaban J connectivity index is 1.49. The molecule has 0 bridgehead atoms. The number of sulfonamides is 1. The Labute approximate surface area is 230 Å². The van der Waals surface area contributed by atoms with Gasteiger partial charge >= 0.3 is 18.4 Å². The zero-order chi connectivity index (χ0) is 29.8. The van der Waals surface area contributed by atoms with E-state index in [-0.39, 0.29) is 54.0 Å². The molecule has 0 amide bonds. The number of halogens is 6. The molecule has 0 unspecified atom stereocenters. The molecule has 1 aromatic heterocycles. The van der Waals surface area contributed by atoms with Crippen LogP contribution in [-0.4, -0.2) is 59.6 Å². The number of hydrogen-bond donors (Lipinski definition) is 2. The third-order valence-electron chi connectivity index (χ3n) is 5.81. The number of rotatable bonds is 8. The summed E-state index contributed by atoms with van der Waals surface area (Å²) in [5, 5.41) is 14.5. The highest BCUT2D eigenvalue weighted by Gasteiger charge is 2.32. The number of anilines is 3. The summed E-state index contributed by atoms with van der Waals surface area (Å²) >= 11 is 0. The lowest BCUT2D eigenvalue weighted by atomic mass is 10.1. The van der Waals surface area contributed by atoms with Crippen molar-refractivity contribution < 1.29 is 39.5 Å². The summed E-state index contributed by atoms with van der Waals surface area (Å²) in [6.07, 6.45) is -8.82. The van der Waals surface area contributed by atoms with Crippen molar-refractivity contribution in [2.45, 2.75) is 36.1 Å². The Morgan fingerprint density at radius 1 is 0.976 bits per heavy atom. The fourth-order valence-electron chi connectivity index (χ4n) is 3.89. The Hall–Kier alpha value is -4.17. The van der Waals surface area contributed by atoms with Gasteiger partial charge in [0, 0.05) is 24.8 Å². The number of alkyl halides is 6. The summed E-state index contributed by atoms with van der Waals surface area (Å²) in [6, 6.07) is 10.4. The number of nitrogens with zero attached hydrogens (tertiary/aromatic N) is 5. The lowest BCUT2D eigenvalue weighted by molar-refractivity contribution is -0.154. The smallest absolute Gasteiger partial charge is 0.422 e. The fraction of sp³-hybridized carbons (Fsp3) is 0.333. The number of nitrogens with one attached hydrogen (secondary N) is 2. The van der Waals surface area contributed by atoms with Crippen LogP contribution in [0.4, 0.5) is 43.9 Å². The molecule has 0 radical (unpaired) electrons. The van der Waals surface area contributed by atoms with Crippen molar-refractivity contribution >= 4 is 27.6 Å². The molecule has 17 heteroatoms. The minimum Gasteiger partial charge on any atom is -0.454 e. The lowest BCUT2D eigenvalue weighted by Gasteiger charge is -2.31. The zero-order valence-electron chi connectivity index (χ0n) is 20.9. The van der Waals surface area contributed by atoms with Gasteiger partial charge in [0.15, 0.2) is 6.61 Å². The number of ether oxygens (including phenoxy) is 1. The molecule has 1 fully saturated rings. The Bertz CT molecular complexity index is 1540. The van der Waals surface area contributed by atoms with Gasteiger partial charge in [-0.25, -0.2) is 8.42 Å². The van der Waals surface area contributed by atoms with Gasteiger partial charge < -0.3 is 15.4 Å². The highest BCUT2D eigenvalue weighted by atomic mass is 32.2. The van der Waals surface area contributed by atoms with Gasteiger partial charge in [-0.3, -0.25) is 0 Å². The standard InChI is InChI=1S/C24H21F6N7O3S/c25-23(26,27)14-40-22-35-20(34-21(36-22)33-18-5-2-4-16(12-18)24(28,29)30)32-17-7-9-37(10-8-17)41(38,39)19-6-1-3-15(11-19)13-31/h1-6,11-12,17H,7-10,14H2,(H2,32,33,34,35,36). The largest absolute Gasteiger partial charge is 0.454 e. The van der Waals surface area contributed by atoms with Gasteiger partial charge in [-0.05, 0) is 49.2 Å². The maximum absolute atomic E-state index is 13.1. The number of benzene rings is 2. The number of piperidine rings is 1. The third kappa shape index (κ3) is 7.95. The minimum atomic E-state index is -4.71.